The summed E-state index contributed by atoms with van der Waals surface area (Å²) < 4.78 is 5.63. The lowest BCUT2D eigenvalue weighted by Crippen LogP contribution is -2.03. The fraction of sp³-hybridized carbons (Fsp3) is 0.118. The van der Waals surface area contributed by atoms with E-state index in [1.54, 1.807) is 18.2 Å². The molecule has 5 nitrogen and oxygen atoms in total. The number of aryl methyl sites for hydroxylation is 2. The lowest BCUT2D eigenvalue weighted by molar-refractivity contribution is 0.403. The third-order valence-corrected chi connectivity index (χ3v) is 3.48. The fourth-order valence-electron chi connectivity index (χ4n) is 2.36. The summed E-state index contributed by atoms with van der Waals surface area (Å²) in [6, 6.07) is 10.6. The van der Waals surface area contributed by atoms with Gasteiger partial charge in [0.1, 0.15) is 22.5 Å². The van der Waals surface area contributed by atoms with Crippen molar-refractivity contribution in [1.29, 1.82) is 0 Å². The maximum absolute atomic E-state index is 12.0. The van der Waals surface area contributed by atoms with Gasteiger partial charge in [0.05, 0.1) is 0 Å². The molecule has 0 saturated heterocycles. The Morgan fingerprint density at radius 2 is 1.68 bits per heavy atom. The van der Waals surface area contributed by atoms with E-state index < -0.39 is 0 Å². The molecule has 3 rings (SSSR count). The van der Waals surface area contributed by atoms with Gasteiger partial charge in [-0.15, -0.1) is 0 Å². The van der Waals surface area contributed by atoms with Gasteiger partial charge < -0.3 is 19.7 Å². The monoisotopic (exact) mass is 298 g/mol. The van der Waals surface area contributed by atoms with Gasteiger partial charge in [-0.05, 0) is 36.2 Å². The number of benzene rings is 2. The maximum Gasteiger partial charge on any atom is 0.196 e. The van der Waals surface area contributed by atoms with Gasteiger partial charge in [0.25, 0.3) is 0 Å². The lowest BCUT2D eigenvalue weighted by Gasteiger charge is -2.05. The zero-order chi connectivity index (χ0) is 15.7. The van der Waals surface area contributed by atoms with E-state index in [0.29, 0.717) is 24.2 Å². The van der Waals surface area contributed by atoms with Crippen molar-refractivity contribution in [1.82, 2.24) is 0 Å². The van der Waals surface area contributed by atoms with Crippen LogP contribution in [0.5, 0.6) is 17.2 Å². The van der Waals surface area contributed by atoms with E-state index in [1.165, 1.54) is 24.3 Å². The van der Waals surface area contributed by atoms with Crippen LogP contribution >= 0.6 is 0 Å². The number of aromatic hydroxyl groups is 3. The molecular formula is C17H14O5. The van der Waals surface area contributed by atoms with Crippen molar-refractivity contribution in [3.63, 3.8) is 0 Å². The second-order valence-corrected chi connectivity index (χ2v) is 5.05. The Labute approximate surface area is 125 Å². The topological polar surface area (TPSA) is 90.9 Å². The number of fused-ring (bicyclic) bond motifs is 1. The normalized spacial score (nSPS) is 10.9. The molecule has 1 heterocycles. The van der Waals surface area contributed by atoms with E-state index in [0.717, 1.165) is 5.56 Å². The minimum Gasteiger partial charge on any atom is -0.507 e. The summed E-state index contributed by atoms with van der Waals surface area (Å²) in [6.45, 7) is 0. The smallest absolute Gasteiger partial charge is 0.196 e. The second kappa shape index (κ2) is 5.44. The van der Waals surface area contributed by atoms with E-state index in [4.69, 9.17) is 4.42 Å². The number of hydrogen-bond acceptors (Lipinski definition) is 5. The molecule has 0 spiro atoms. The molecule has 0 aliphatic heterocycles. The van der Waals surface area contributed by atoms with Crippen LogP contribution in [0.2, 0.25) is 0 Å². The Hall–Kier alpha value is -2.95. The number of phenols is 3. The minimum absolute atomic E-state index is 0.0961. The summed E-state index contributed by atoms with van der Waals surface area (Å²) in [5, 5.41) is 28.6. The molecule has 0 bridgehead atoms. The Morgan fingerprint density at radius 1 is 0.864 bits per heavy atom. The van der Waals surface area contributed by atoms with Gasteiger partial charge in [-0.25, -0.2) is 0 Å². The van der Waals surface area contributed by atoms with Gasteiger partial charge in [-0.2, -0.15) is 0 Å². The first-order valence-electron chi connectivity index (χ1n) is 6.80. The highest BCUT2D eigenvalue weighted by molar-refractivity contribution is 5.82. The van der Waals surface area contributed by atoms with Gasteiger partial charge in [0.15, 0.2) is 16.9 Å². The van der Waals surface area contributed by atoms with Crippen LogP contribution in [-0.2, 0) is 12.8 Å². The fourth-order valence-corrected chi connectivity index (χ4v) is 2.36. The molecule has 0 amide bonds. The average Bonchev–Trinajstić information content (AvgIpc) is 2.48. The van der Waals surface area contributed by atoms with E-state index in [1.807, 2.05) is 0 Å². The standard InChI is InChI=1S/C17H14O5/c18-12-7-5-10(8-14(12)20)4-6-11-9-15(21)17-13(19)2-1-3-16(17)22-11/h1-3,5,7-9,18-20H,4,6H2. The van der Waals surface area contributed by atoms with E-state index >= 15 is 0 Å². The molecule has 0 fully saturated rings. The Balaban J connectivity index is 1.88. The summed E-state index contributed by atoms with van der Waals surface area (Å²) >= 11 is 0. The van der Waals surface area contributed by atoms with Crippen LogP contribution in [0, 0.1) is 0 Å². The first kappa shape index (κ1) is 14.0. The molecule has 112 valence electrons. The van der Waals surface area contributed by atoms with Gasteiger partial charge >= 0.3 is 0 Å². The summed E-state index contributed by atoms with van der Waals surface area (Å²) in [4.78, 5) is 12.0. The van der Waals surface area contributed by atoms with E-state index in [-0.39, 0.29) is 28.1 Å². The molecule has 3 N–H and O–H groups in total. The molecule has 22 heavy (non-hydrogen) atoms. The molecule has 0 unspecified atom stereocenters. The zero-order valence-corrected chi connectivity index (χ0v) is 11.6. The summed E-state index contributed by atoms with van der Waals surface area (Å²) in [7, 11) is 0. The highest BCUT2D eigenvalue weighted by Crippen LogP contribution is 2.26. The van der Waals surface area contributed by atoms with Crippen LogP contribution in [0.3, 0.4) is 0 Å². The molecule has 3 aromatic rings. The largest absolute Gasteiger partial charge is 0.507 e. The van der Waals surface area contributed by atoms with Crippen LogP contribution in [0.25, 0.3) is 11.0 Å². The van der Waals surface area contributed by atoms with Crippen LogP contribution in [-0.4, -0.2) is 15.3 Å². The van der Waals surface area contributed by atoms with E-state index in [9.17, 15) is 20.1 Å². The molecule has 0 atom stereocenters. The van der Waals surface area contributed by atoms with Crippen molar-refractivity contribution in [2.45, 2.75) is 12.8 Å². The van der Waals surface area contributed by atoms with E-state index in [2.05, 4.69) is 0 Å². The summed E-state index contributed by atoms with van der Waals surface area (Å²) in [5.74, 6) is 0.0516. The highest BCUT2D eigenvalue weighted by atomic mass is 16.3. The van der Waals surface area contributed by atoms with Gasteiger partial charge in [0, 0.05) is 12.5 Å². The lowest BCUT2D eigenvalue weighted by atomic mass is 10.1. The average molecular weight is 298 g/mol. The molecule has 1 aromatic heterocycles. The summed E-state index contributed by atoms with van der Waals surface area (Å²) in [5.41, 5.74) is 0.868. The molecule has 0 aliphatic rings. The molecule has 5 heteroatoms. The van der Waals surface area contributed by atoms with Crippen molar-refractivity contribution >= 4 is 11.0 Å². The van der Waals surface area contributed by atoms with Crippen molar-refractivity contribution < 1.29 is 19.7 Å². The maximum atomic E-state index is 12.0. The molecule has 0 radical (unpaired) electrons. The van der Waals surface area contributed by atoms with Crippen molar-refractivity contribution in [3.05, 3.63) is 64.0 Å². The Kier molecular flexibility index (Phi) is 3.47. The van der Waals surface area contributed by atoms with Crippen molar-refractivity contribution in [3.8, 4) is 17.2 Å². The van der Waals surface area contributed by atoms with Crippen LogP contribution in [0.4, 0.5) is 0 Å². The first-order chi connectivity index (χ1) is 10.5. The number of phenolic OH excluding ortho intramolecular Hbond substituents is 3. The Morgan fingerprint density at radius 3 is 2.45 bits per heavy atom. The third kappa shape index (κ3) is 2.61. The van der Waals surface area contributed by atoms with Gasteiger partial charge in [-0.1, -0.05) is 12.1 Å². The zero-order valence-electron chi connectivity index (χ0n) is 11.6. The van der Waals surface area contributed by atoms with Gasteiger partial charge in [0.2, 0.25) is 0 Å². The number of rotatable bonds is 3. The first-order valence-corrected chi connectivity index (χ1v) is 6.80. The number of hydrogen-bond donors (Lipinski definition) is 3. The van der Waals surface area contributed by atoms with Gasteiger partial charge in [-0.3, -0.25) is 4.79 Å². The van der Waals surface area contributed by atoms with Crippen molar-refractivity contribution in [2.75, 3.05) is 0 Å². The third-order valence-electron chi connectivity index (χ3n) is 3.48. The van der Waals surface area contributed by atoms with Crippen molar-refractivity contribution in [2.24, 2.45) is 0 Å². The van der Waals surface area contributed by atoms with Crippen LogP contribution < -0.4 is 5.43 Å². The second-order valence-electron chi connectivity index (χ2n) is 5.05. The summed E-state index contributed by atoms with van der Waals surface area (Å²) in [6.07, 6.45) is 1.01. The molecule has 0 saturated carbocycles. The SMILES string of the molecule is O=c1cc(CCc2ccc(O)c(O)c2)oc2cccc(O)c12. The Bertz CT molecular complexity index is 895. The molecule has 2 aromatic carbocycles. The molecule has 0 aliphatic carbocycles. The van der Waals surface area contributed by atoms with Crippen LogP contribution in [0.15, 0.2) is 51.7 Å². The quantitative estimate of drug-likeness (QED) is 0.647. The highest BCUT2D eigenvalue weighted by Gasteiger charge is 2.09. The minimum atomic E-state index is -0.289. The predicted molar refractivity (Wildman–Crippen MR) is 81.3 cm³/mol. The predicted octanol–water partition coefficient (Wildman–Crippen LogP) is 2.70. The molecular weight excluding hydrogens is 284 g/mol. The van der Waals surface area contributed by atoms with Crippen LogP contribution in [0.1, 0.15) is 11.3 Å².